The van der Waals surface area contributed by atoms with E-state index in [2.05, 4.69) is 0 Å². The molecular weight excluding hydrogens is 251 g/mol. The predicted octanol–water partition coefficient (Wildman–Crippen LogP) is 3.78. The Labute approximate surface area is 101 Å². The van der Waals surface area contributed by atoms with Gasteiger partial charge in [-0.3, -0.25) is 4.57 Å². The molecule has 15 heavy (non-hydrogen) atoms. The Balaban J connectivity index is 0.000000921. The van der Waals surface area contributed by atoms with Crippen molar-refractivity contribution in [3.63, 3.8) is 0 Å². The van der Waals surface area contributed by atoms with Gasteiger partial charge in [-0.1, -0.05) is 35.4 Å². The maximum atomic E-state index is 11.1. The zero-order valence-electron chi connectivity index (χ0n) is 10.2. The van der Waals surface area contributed by atoms with Gasteiger partial charge in [0, 0.05) is 16.7 Å². The van der Waals surface area contributed by atoms with Crippen LogP contribution in [0.15, 0.2) is 0 Å². The monoisotopic (exact) mass is 272 g/mol. The van der Waals surface area contributed by atoms with Crippen LogP contribution in [0.5, 0.6) is 0 Å². The largest absolute Gasteiger partial charge is 0.325 e. The van der Waals surface area contributed by atoms with E-state index in [9.17, 15) is 4.57 Å². The quantitative estimate of drug-likeness (QED) is 0.612. The fraction of sp³-hybridized carbons (Fsp3) is 1.00. The van der Waals surface area contributed by atoms with Crippen LogP contribution in [-0.4, -0.2) is 27.7 Å². The topological polar surface area (TPSA) is 46.5 Å². The highest BCUT2D eigenvalue weighted by Gasteiger charge is 2.44. The first-order chi connectivity index (χ1) is 6.72. The van der Waals surface area contributed by atoms with Crippen molar-refractivity contribution in [3.8, 4) is 0 Å². The van der Waals surface area contributed by atoms with Crippen LogP contribution in [0, 0.1) is 0 Å². The van der Waals surface area contributed by atoms with Gasteiger partial charge in [0.05, 0.1) is 6.10 Å². The summed E-state index contributed by atoms with van der Waals surface area (Å²) in [6.07, 6.45) is -0.150. The van der Waals surface area contributed by atoms with Crippen LogP contribution in [0.3, 0.4) is 0 Å². The number of hydrogen-bond donors (Lipinski definition) is 1. The van der Waals surface area contributed by atoms with Gasteiger partial charge in [0.1, 0.15) is 0 Å². The number of hydrogen-bond acceptors (Lipinski definition) is 4. The molecule has 1 aliphatic heterocycles. The molecule has 92 valence electrons. The molecule has 1 N–H and O–H groups in total. The van der Waals surface area contributed by atoms with Crippen LogP contribution < -0.4 is 0 Å². The van der Waals surface area contributed by atoms with Crippen LogP contribution in [-0.2, 0) is 9.09 Å². The molecule has 6 heteroatoms. The first kappa shape index (κ1) is 15.9. The molecule has 0 radical (unpaired) electrons. The highest BCUT2D eigenvalue weighted by Crippen LogP contribution is 2.56. The van der Waals surface area contributed by atoms with Crippen molar-refractivity contribution in [2.45, 2.75) is 50.7 Å². The molecule has 0 aliphatic carbocycles. The molecule has 0 saturated carbocycles. The summed E-state index contributed by atoms with van der Waals surface area (Å²) < 4.78 is 16.2. The Bertz CT molecular complexity index is 240. The first-order valence-corrected chi connectivity index (χ1v) is 9.29. The van der Waals surface area contributed by atoms with Gasteiger partial charge in [0.2, 0.25) is 0 Å². The molecule has 3 atom stereocenters. The van der Waals surface area contributed by atoms with Crippen molar-refractivity contribution in [1.82, 2.24) is 0 Å². The van der Waals surface area contributed by atoms with E-state index in [4.69, 9.17) is 9.42 Å². The van der Waals surface area contributed by atoms with E-state index < -0.39 is 7.60 Å². The van der Waals surface area contributed by atoms with E-state index in [1.165, 1.54) is 6.66 Å². The molecule has 0 spiro atoms. The second-order valence-corrected chi connectivity index (χ2v) is 8.87. The summed E-state index contributed by atoms with van der Waals surface area (Å²) >= 11 is 0. The highest BCUT2D eigenvalue weighted by atomic mass is 33.1. The lowest BCUT2D eigenvalue weighted by Crippen LogP contribution is -2.35. The number of rotatable bonds is 2. The van der Waals surface area contributed by atoms with E-state index in [-0.39, 0.29) is 16.1 Å². The van der Waals surface area contributed by atoms with Gasteiger partial charge in [-0.2, -0.15) is 0 Å². The van der Waals surface area contributed by atoms with Crippen LogP contribution in [0.25, 0.3) is 0 Å². The van der Waals surface area contributed by atoms with Gasteiger partial charge in [-0.05, 0) is 20.8 Å². The average molecular weight is 272 g/mol. The molecule has 1 rings (SSSR count). The molecule has 1 saturated heterocycles. The standard InChI is InChI=1S/C7H15O3PS2.C2H6/c1-5-6(10-11(4,8)9)7(2,3)13-12-5;1-2/h5-6H,1-4H3,(H,8,9);1-2H3/t5-,6+;/m0./s1. The van der Waals surface area contributed by atoms with Gasteiger partial charge in [-0.25, -0.2) is 0 Å². The zero-order valence-corrected chi connectivity index (χ0v) is 12.7. The Morgan fingerprint density at radius 1 is 1.40 bits per heavy atom. The van der Waals surface area contributed by atoms with Gasteiger partial charge in [0.25, 0.3) is 0 Å². The summed E-state index contributed by atoms with van der Waals surface area (Å²) in [6.45, 7) is 11.3. The van der Waals surface area contributed by atoms with Gasteiger partial charge < -0.3 is 9.42 Å². The van der Waals surface area contributed by atoms with Crippen molar-refractivity contribution < 1.29 is 14.0 Å². The maximum Gasteiger partial charge on any atom is 0.325 e. The van der Waals surface area contributed by atoms with Crippen LogP contribution in [0.4, 0.5) is 0 Å². The third-order valence-corrected chi connectivity index (χ3v) is 6.25. The molecule has 0 amide bonds. The Morgan fingerprint density at radius 2 is 1.87 bits per heavy atom. The second kappa shape index (κ2) is 5.97. The molecule has 3 nitrogen and oxygen atoms in total. The maximum absolute atomic E-state index is 11.1. The van der Waals surface area contributed by atoms with Crippen molar-refractivity contribution >= 4 is 29.2 Å². The fourth-order valence-electron chi connectivity index (χ4n) is 1.29. The Kier molecular flexibility index (Phi) is 6.30. The summed E-state index contributed by atoms with van der Waals surface area (Å²) in [7, 11) is 0.0694. The van der Waals surface area contributed by atoms with Crippen molar-refractivity contribution in [2.75, 3.05) is 6.66 Å². The minimum atomic E-state index is -3.36. The summed E-state index contributed by atoms with van der Waals surface area (Å²) in [4.78, 5) is 9.14. The molecule has 0 aromatic carbocycles. The zero-order chi connectivity index (χ0) is 12.3. The van der Waals surface area contributed by atoms with E-state index >= 15 is 0 Å². The smallest absolute Gasteiger partial charge is 0.324 e. The fourth-order valence-corrected chi connectivity index (χ4v) is 5.42. The average Bonchev–Trinajstić information content (AvgIpc) is 2.34. The van der Waals surface area contributed by atoms with Gasteiger partial charge >= 0.3 is 7.60 Å². The molecule has 0 aromatic heterocycles. The SMILES string of the molecule is CC.C[C@@H]1SSC(C)(C)[C@@H]1OP(C)(=O)O. The Morgan fingerprint density at radius 3 is 2.13 bits per heavy atom. The lowest BCUT2D eigenvalue weighted by Gasteiger charge is -2.27. The molecule has 1 fully saturated rings. The van der Waals surface area contributed by atoms with Gasteiger partial charge in [0.15, 0.2) is 0 Å². The second-order valence-electron chi connectivity index (χ2n) is 3.82. The normalized spacial score (nSPS) is 32.7. The first-order valence-electron chi connectivity index (χ1n) is 5.05. The lowest BCUT2D eigenvalue weighted by atomic mass is 10.0. The van der Waals surface area contributed by atoms with Crippen LogP contribution in [0.1, 0.15) is 34.6 Å². The van der Waals surface area contributed by atoms with E-state index in [1.807, 2.05) is 34.6 Å². The van der Waals surface area contributed by atoms with Gasteiger partial charge in [-0.15, -0.1) is 0 Å². The minimum absolute atomic E-state index is 0.0848. The van der Waals surface area contributed by atoms with E-state index in [1.54, 1.807) is 21.6 Å². The van der Waals surface area contributed by atoms with Crippen molar-refractivity contribution in [2.24, 2.45) is 0 Å². The summed E-state index contributed by atoms with van der Waals surface area (Å²) in [6, 6.07) is 0. The van der Waals surface area contributed by atoms with Crippen molar-refractivity contribution in [3.05, 3.63) is 0 Å². The molecule has 0 aromatic rings. The van der Waals surface area contributed by atoms with E-state index in [0.29, 0.717) is 0 Å². The highest BCUT2D eigenvalue weighted by molar-refractivity contribution is 8.77. The minimum Gasteiger partial charge on any atom is -0.324 e. The molecule has 1 aliphatic rings. The predicted molar refractivity (Wildman–Crippen MR) is 70.7 cm³/mol. The summed E-state index contributed by atoms with van der Waals surface area (Å²) in [5, 5.41) is 0.264. The molecular formula is C9H21O3PS2. The van der Waals surface area contributed by atoms with Crippen LogP contribution in [0.2, 0.25) is 0 Å². The third-order valence-electron chi connectivity index (χ3n) is 1.84. The lowest BCUT2D eigenvalue weighted by molar-refractivity contribution is 0.152. The summed E-state index contributed by atoms with van der Waals surface area (Å²) in [5.41, 5.74) is 0. The molecule has 1 heterocycles. The van der Waals surface area contributed by atoms with Crippen molar-refractivity contribution in [1.29, 1.82) is 0 Å². The molecule has 0 bridgehead atoms. The Hall–Kier alpha value is 0.850. The third kappa shape index (κ3) is 5.14. The van der Waals surface area contributed by atoms with Crippen LogP contribution >= 0.6 is 29.2 Å². The molecule has 1 unspecified atom stereocenters. The summed E-state index contributed by atoms with van der Waals surface area (Å²) in [5.74, 6) is 0. The van der Waals surface area contributed by atoms with E-state index in [0.717, 1.165) is 0 Å².